The number of halogens is 2. The minimum atomic E-state index is -3.00. The van der Waals surface area contributed by atoms with E-state index in [2.05, 4.69) is 4.98 Å². The Bertz CT molecular complexity index is 669. The first-order valence-corrected chi connectivity index (χ1v) is 5.67. The smallest absolute Gasteiger partial charge is 0.310 e. The number of anilines is 1. The van der Waals surface area contributed by atoms with Crippen molar-refractivity contribution in [3.63, 3.8) is 0 Å². The topological polar surface area (TPSA) is 82.0 Å². The molecule has 0 aliphatic carbocycles. The molecule has 0 saturated carbocycles. The van der Waals surface area contributed by atoms with Gasteiger partial charge in [-0.15, -0.1) is 0 Å². The van der Waals surface area contributed by atoms with Crippen LogP contribution in [0.3, 0.4) is 0 Å². The number of hydrogen-bond donors (Lipinski definition) is 1. The van der Waals surface area contributed by atoms with Gasteiger partial charge in [0.05, 0.1) is 4.92 Å². The number of nitro groups is 1. The normalized spacial score (nSPS) is 11.3. The van der Waals surface area contributed by atoms with Gasteiger partial charge in [-0.1, -0.05) is 18.2 Å². The van der Waals surface area contributed by atoms with Gasteiger partial charge >= 0.3 is 5.69 Å². The Morgan fingerprint density at radius 2 is 2.05 bits per heavy atom. The summed E-state index contributed by atoms with van der Waals surface area (Å²) in [6.45, 7) is 0.779. The zero-order valence-corrected chi connectivity index (χ0v) is 10.5. The van der Waals surface area contributed by atoms with Gasteiger partial charge < -0.3 is 5.73 Å². The predicted octanol–water partition coefficient (Wildman–Crippen LogP) is 3.35. The van der Waals surface area contributed by atoms with Crippen LogP contribution in [0.5, 0.6) is 0 Å². The van der Waals surface area contributed by atoms with Gasteiger partial charge in [0.1, 0.15) is 11.9 Å². The largest absolute Gasteiger partial charge is 0.393 e. The number of pyridine rings is 1. The maximum Gasteiger partial charge on any atom is 0.310 e. The van der Waals surface area contributed by atoms with E-state index < -0.39 is 10.8 Å². The number of rotatable bonds is 3. The van der Waals surface area contributed by atoms with Crippen LogP contribution in [0.2, 0.25) is 0 Å². The van der Waals surface area contributed by atoms with Gasteiger partial charge in [0, 0.05) is 24.2 Å². The van der Waals surface area contributed by atoms with Gasteiger partial charge in [-0.3, -0.25) is 15.1 Å². The summed E-state index contributed by atoms with van der Waals surface area (Å²) in [5.74, 6) is -3.00. The first-order chi connectivity index (χ1) is 9.30. The molecule has 2 rings (SSSR count). The van der Waals surface area contributed by atoms with Crippen LogP contribution >= 0.6 is 0 Å². The summed E-state index contributed by atoms with van der Waals surface area (Å²) in [5, 5.41) is 10.8. The molecular weight excluding hydrogens is 268 g/mol. The van der Waals surface area contributed by atoms with Gasteiger partial charge in [-0.25, -0.2) is 8.78 Å². The fraction of sp³-hybridized carbons (Fsp3) is 0.154. The van der Waals surface area contributed by atoms with Crippen LogP contribution in [0.1, 0.15) is 12.5 Å². The van der Waals surface area contributed by atoms with Gasteiger partial charge in [0.25, 0.3) is 5.92 Å². The average molecular weight is 279 g/mol. The van der Waals surface area contributed by atoms with Crippen LogP contribution in [0.4, 0.5) is 20.2 Å². The summed E-state index contributed by atoms with van der Waals surface area (Å²) in [4.78, 5) is 13.9. The Hall–Kier alpha value is -2.57. The molecule has 0 radical (unpaired) electrons. The van der Waals surface area contributed by atoms with Crippen molar-refractivity contribution in [2.45, 2.75) is 12.8 Å². The van der Waals surface area contributed by atoms with Crippen molar-refractivity contribution in [1.82, 2.24) is 4.98 Å². The molecule has 0 aliphatic rings. The van der Waals surface area contributed by atoms with Crippen molar-refractivity contribution in [3.05, 3.63) is 52.3 Å². The summed E-state index contributed by atoms with van der Waals surface area (Å²) in [5.41, 5.74) is 5.68. The van der Waals surface area contributed by atoms with E-state index >= 15 is 0 Å². The standard InChI is InChI=1S/C13H11F2N3O2/c1-13(14,15)9-4-2-3-8(5-9)10-6-17-7-11(12(10)16)18(19)20/h2-7H,1H3,(H2,16,17). The molecule has 0 bridgehead atoms. The molecule has 0 spiro atoms. The Morgan fingerprint density at radius 1 is 1.35 bits per heavy atom. The van der Waals surface area contributed by atoms with Crippen LogP contribution in [0.15, 0.2) is 36.7 Å². The van der Waals surface area contributed by atoms with Crippen molar-refractivity contribution in [2.24, 2.45) is 0 Å². The lowest BCUT2D eigenvalue weighted by atomic mass is 10.0. The molecule has 0 amide bonds. The lowest BCUT2D eigenvalue weighted by Crippen LogP contribution is -2.07. The molecular formula is C13H11F2N3O2. The molecule has 1 aromatic carbocycles. The van der Waals surface area contributed by atoms with Gasteiger partial charge in [-0.2, -0.15) is 0 Å². The lowest BCUT2D eigenvalue weighted by Gasteiger charge is -2.12. The highest BCUT2D eigenvalue weighted by molar-refractivity contribution is 5.81. The minimum Gasteiger partial charge on any atom is -0.393 e. The monoisotopic (exact) mass is 279 g/mol. The number of nitrogens with zero attached hydrogens (tertiary/aromatic N) is 2. The molecule has 7 heteroatoms. The fourth-order valence-corrected chi connectivity index (χ4v) is 1.79. The van der Waals surface area contributed by atoms with E-state index in [1.54, 1.807) is 6.07 Å². The van der Waals surface area contributed by atoms with Crippen LogP contribution in [-0.4, -0.2) is 9.91 Å². The summed E-state index contributed by atoms with van der Waals surface area (Å²) in [7, 11) is 0. The first kappa shape index (κ1) is 13.9. The first-order valence-electron chi connectivity index (χ1n) is 5.67. The number of benzene rings is 1. The molecule has 0 unspecified atom stereocenters. The average Bonchev–Trinajstić information content (AvgIpc) is 2.38. The number of alkyl halides is 2. The lowest BCUT2D eigenvalue weighted by molar-refractivity contribution is -0.384. The van der Waals surface area contributed by atoms with Crippen molar-refractivity contribution in [2.75, 3.05) is 5.73 Å². The third kappa shape index (κ3) is 2.56. The van der Waals surface area contributed by atoms with Gasteiger partial charge in [0.2, 0.25) is 0 Å². The SMILES string of the molecule is CC(F)(F)c1cccc(-c2cncc([N+](=O)[O-])c2N)c1. The summed E-state index contributed by atoms with van der Waals surface area (Å²) >= 11 is 0. The van der Waals surface area contributed by atoms with Crippen molar-refractivity contribution in [1.29, 1.82) is 0 Å². The molecule has 2 aromatic rings. The third-order valence-corrected chi connectivity index (χ3v) is 2.84. The number of nitrogens with two attached hydrogens (primary N) is 1. The maximum absolute atomic E-state index is 13.3. The quantitative estimate of drug-likeness (QED) is 0.690. The molecule has 104 valence electrons. The third-order valence-electron chi connectivity index (χ3n) is 2.84. The number of aromatic nitrogens is 1. The molecule has 20 heavy (non-hydrogen) atoms. The molecule has 0 saturated heterocycles. The van der Waals surface area contributed by atoms with Crippen LogP contribution in [-0.2, 0) is 5.92 Å². The van der Waals surface area contributed by atoms with Crippen molar-refractivity contribution >= 4 is 11.4 Å². The van der Waals surface area contributed by atoms with Crippen LogP contribution < -0.4 is 5.73 Å². The molecule has 0 atom stereocenters. The van der Waals surface area contributed by atoms with Crippen molar-refractivity contribution in [3.8, 4) is 11.1 Å². The summed E-state index contributed by atoms with van der Waals surface area (Å²) < 4.78 is 26.6. The Kier molecular flexibility index (Phi) is 3.35. The van der Waals surface area contributed by atoms with E-state index in [1.807, 2.05) is 0 Å². The fourth-order valence-electron chi connectivity index (χ4n) is 1.79. The van der Waals surface area contributed by atoms with E-state index in [0.29, 0.717) is 5.56 Å². The molecule has 2 N–H and O–H groups in total. The van der Waals surface area contributed by atoms with Gasteiger partial charge in [0.15, 0.2) is 0 Å². The van der Waals surface area contributed by atoms with E-state index in [0.717, 1.165) is 13.1 Å². The summed E-state index contributed by atoms with van der Waals surface area (Å²) in [6, 6.07) is 5.52. The predicted molar refractivity (Wildman–Crippen MR) is 70.3 cm³/mol. The van der Waals surface area contributed by atoms with Crippen LogP contribution in [0, 0.1) is 10.1 Å². The Labute approximate surface area is 113 Å². The molecule has 1 aromatic heterocycles. The van der Waals surface area contributed by atoms with Gasteiger partial charge in [-0.05, 0) is 11.6 Å². The molecule has 0 aliphatic heterocycles. The van der Waals surface area contributed by atoms with Crippen molar-refractivity contribution < 1.29 is 13.7 Å². The van der Waals surface area contributed by atoms with E-state index in [-0.39, 0.29) is 22.5 Å². The van der Waals surface area contributed by atoms with E-state index in [9.17, 15) is 18.9 Å². The molecule has 5 nitrogen and oxygen atoms in total. The van der Waals surface area contributed by atoms with E-state index in [4.69, 9.17) is 5.73 Å². The second-order valence-electron chi connectivity index (χ2n) is 4.35. The number of nitrogen functional groups attached to an aromatic ring is 1. The van der Waals surface area contributed by atoms with E-state index in [1.165, 1.54) is 24.4 Å². The molecule has 1 heterocycles. The summed E-state index contributed by atoms with van der Waals surface area (Å²) in [6.07, 6.45) is 2.34. The van der Waals surface area contributed by atoms with Crippen LogP contribution in [0.25, 0.3) is 11.1 Å². The zero-order valence-electron chi connectivity index (χ0n) is 10.5. The second-order valence-corrected chi connectivity index (χ2v) is 4.35. The Balaban J connectivity index is 2.58. The Morgan fingerprint density at radius 3 is 2.65 bits per heavy atom. The highest BCUT2D eigenvalue weighted by Gasteiger charge is 2.25. The zero-order chi connectivity index (χ0) is 14.9. The highest BCUT2D eigenvalue weighted by atomic mass is 19.3. The minimum absolute atomic E-state index is 0.0958. The second kappa shape index (κ2) is 4.84. The highest BCUT2D eigenvalue weighted by Crippen LogP contribution is 2.35. The maximum atomic E-state index is 13.3. The number of hydrogen-bond acceptors (Lipinski definition) is 4. The molecule has 0 fully saturated rings.